The highest BCUT2D eigenvalue weighted by atomic mass is 79.9. The van der Waals surface area contributed by atoms with Crippen LogP contribution >= 0.6 is 15.9 Å². The molecule has 1 N–H and O–H groups in total. The Kier molecular flexibility index (Phi) is 3.82. The molecule has 1 saturated heterocycles. The SMILES string of the molecule is Cc1ncc(Br)c(CC2CCCCO2)c1O. The molecule has 0 saturated carbocycles. The van der Waals surface area contributed by atoms with Gasteiger partial charge in [0.05, 0.1) is 11.8 Å². The molecule has 4 heteroatoms. The Bertz CT molecular complexity index is 376. The van der Waals surface area contributed by atoms with Gasteiger partial charge in [0.2, 0.25) is 0 Å². The summed E-state index contributed by atoms with van der Waals surface area (Å²) in [6.45, 7) is 2.65. The van der Waals surface area contributed by atoms with Gasteiger partial charge in [0.1, 0.15) is 5.75 Å². The van der Waals surface area contributed by atoms with Crippen LogP contribution in [0.1, 0.15) is 30.5 Å². The van der Waals surface area contributed by atoms with E-state index in [1.165, 1.54) is 6.42 Å². The first-order chi connectivity index (χ1) is 7.68. The van der Waals surface area contributed by atoms with Crippen LogP contribution in [0.15, 0.2) is 10.7 Å². The lowest BCUT2D eigenvalue weighted by molar-refractivity contribution is 0.0164. The summed E-state index contributed by atoms with van der Waals surface area (Å²) in [6.07, 6.45) is 6.18. The molecule has 0 bridgehead atoms. The van der Waals surface area contributed by atoms with Gasteiger partial charge >= 0.3 is 0 Å². The van der Waals surface area contributed by atoms with Crippen molar-refractivity contribution in [1.82, 2.24) is 4.98 Å². The summed E-state index contributed by atoms with van der Waals surface area (Å²) >= 11 is 3.43. The highest BCUT2D eigenvalue weighted by Crippen LogP contribution is 2.30. The lowest BCUT2D eigenvalue weighted by Gasteiger charge is -2.23. The monoisotopic (exact) mass is 285 g/mol. The highest BCUT2D eigenvalue weighted by Gasteiger charge is 2.19. The van der Waals surface area contributed by atoms with Crippen molar-refractivity contribution >= 4 is 15.9 Å². The van der Waals surface area contributed by atoms with Crippen LogP contribution in [0.25, 0.3) is 0 Å². The first-order valence-electron chi connectivity index (χ1n) is 5.63. The maximum absolute atomic E-state index is 9.96. The average molecular weight is 286 g/mol. The minimum Gasteiger partial charge on any atom is -0.506 e. The van der Waals surface area contributed by atoms with Crippen LogP contribution in [0.2, 0.25) is 0 Å². The van der Waals surface area contributed by atoms with Gasteiger partial charge in [-0.2, -0.15) is 0 Å². The largest absolute Gasteiger partial charge is 0.506 e. The summed E-state index contributed by atoms with van der Waals surface area (Å²) in [5, 5.41) is 9.96. The van der Waals surface area contributed by atoms with E-state index in [0.29, 0.717) is 11.4 Å². The molecular weight excluding hydrogens is 270 g/mol. The fraction of sp³-hybridized carbons (Fsp3) is 0.583. The molecule has 2 heterocycles. The predicted octanol–water partition coefficient (Wildman–Crippen LogP) is 2.97. The Morgan fingerprint density at radius 2 is 2.38 bits per heavy atom. The van der Waals surface area contributed by atoms with Crippen LogP contribution < -0.4 is 0 Å². The second-order valence-electron chi connectivity index (χ2n) is 4.21. The molecule has 0 amide bonds. The topological polar surface area (TPSA) is 42.4 Å². The molecule has 0 aliphatic carbocycles. The summed E-state index contributed by atoms with van der Waals surface area (Å²) in [5.41, 5.74) is 1.59. The number of ether oxygens (including phenoxy) is 1. The van der Waals surface area contributed by atoms with E-state index in [1.807, 2.05) is 6.92 Å². The number of aryl methyl sites for hydroxylation is 1. The molecule has 0 aromatic carbocycles. The molecule has 3 nitrogen and oxygen atoms in total. The Balaban J connectivity index is 2.16. The average Bonchev–Trinajstić information content (AvgIpc) is 2.31. The molecule has 1 atom stereocenters. The number of nitrogens with zero attached hydrogens (tertiary/aromatic N) is 1. The van der Waals surface area contributed by atoms with Crippen molar-refractivity contribution in [2.75, 3.05) is 6.61 Å². The Morgan fingerprint density at radius 1 is 1.56 bits per heavy atom. The van der Waals surface area contributed by atoms with Crippen molar-refractivity contribution in [2.24, 2.45) is 0 Å². The minimum absolute atomic E-state index is 0.234. The number of rotatable bonds is 2. The van der Waals surface area contributed by atoms with E-state index in [-0.39, 0.29) is 6.10 Å². The van der Waals surface area contributed by atoms with E-state index in [0.717, 1.165) is 35.9 Å². The van der Waals surface area contributed by atoms with Crippen LogP contribution in [0.5, 0.6) is 5.75 Å². The molecule has 1 aliphatic heterocycles. The molecule has 1 unspecified atom stereocenters. The van der Waals surface area contributed by atoms with Gasteiger partial charge in [0.25, 0.3) is 0 Å². The van der Waals surface area contributed by atoms with Crippen LogP contribution in [-0.2, 0) is 11.2 Å². The van der Waals surface area contributed by atoms with Gasteiger partial charge < -0.3 is 9.84 Å². The van der Waals surface area contributed by atoms with E-state index in [9.17, 15) is 5.11 Å². The van der Waals surface area contributed by atoms with Crippen molar-refractivity contribution in [1.29, 1.82) is 0 Å². The zero-order chi connectivity index (χ0) is 11.5. The van der Waals surface area contributed by atoms with E-state index in [4.69, 9.17) is 4.74 Å². The van der Waals surface area contributed by atoms with Crippen LogP contribution in [0, 0.1) is 6.92 Å². The first kappa shape index (κ1) is 11.9. The van der Waals surface area contributed by atoms with Gasteiger partial charge in [-0.3, -0.25) is 4.98 Å². The predicted molar refractivity (Wildman–Crippen MR) is 65.6 cm³/mol. The molecule has 1 aliphatic rings. The number of hydrogen-bond donors (Lipinski definition) is 1. The Morgan fingerprint density at radius 3 is 3.06 bits per heavy atom. The number of halogens is 1. The standard InChI is InChI=1S/C12H16BrNO2/c1-8-12(15)10(11(13)7-14-8)6-9-4-2-3-5-16-9/h7,9,15H,2-6H2,1H3. The minimum atomic E-state index is 0.234. The van der Waals surface area contributed by atoms with Crippen molar-refractivity contribution in [3.05, 3.63) is 21.9 Å². The molecule has 1 fully saturated rings. The van der Waals surface area contributed by atoms with Gasteiger partial charge in [-0.25, -0.2) is 0 Å². The summed E-state index contributed by atoms with van der Waals surface area (Å²) in [7, 11) is 0. The fourth-order valence-corrected chi connectivity index (χ4v) is 2.47. The summed E-state index contributed by atoms with van der Waals surface area (Å²) < 4.78 is 6.54. The van der Waals surface area contributed by atoms with Gasteiger partial charge in [0, 0.05) is 29.3 Å². The number of hydrogen-bond acceptors (Lipinski definition) is 3. The molecular formula is C12H16BrNO2. The maximum atomic E-state index is 9.96. The third-order valence-electron chi connectivity index (χ3n) is 2.99. The fourth-order valence-electron chi connectivity index (χ4n) is 2.01. The lowest BCUT2D eigenvalue weighted by Crippen LogP contribution is -2.21. The quantitative estimate of drug-likeness (QED) is 0.908. The van der Waals surface area contributed by atoms with Crippen LogP contribution in [0.3, 0.4) is 0 Å². The smallest absolute Gasteiger partial charge is 0.141 e. The van der Waals surface area contributed by atoms with Gasteiger partial charge in [-0.15, -0.1) is 0 Å². The molecule has 2 rings (SSSR count). The van der Waals surface area contributed by atoms with Gasteiger partial charge in [-0.1, -0.05) is 0 Å². The first-order valence-corrected chi connectivity index (χ1v) is 6.42. The van der Waals surface area contributed by atoms with E-state index in [1.54, 1.807) is 6.20 Å². The molecule has 1 aromatic rings. The van der Waals surface area contributed by atoms with Crippen molar-refractivity contribution < 1.29 is 9.84 Å². The second kappa shape index (κ2) is 5.15. The summed E-state index contributed by atoms with van der Waals surface area (Å²) in [6, 6.07) is 0. The molecule has 0 spiro atoms. The number of aromatic nitrogens is 1. The molecule has 16 heavy (non-hydrogen) atoms. The second-order valence-corrected chi connectivity index (χ2v) is 5.07. The third kappa shape index (κ3) is 2.55. The number of aromatic hydroxyl groups is 1. The van der Waals surface area contributed by atoms with E-state index < -0.39 is 0 Å². The van der Waals surface area contributed by atoms with E-state index >= 15 is 0 Å². The lowest BCUT2D eigenvalue weighted by atomic mass is 10.0. The zero-order valence-corrected chi connectivity index (χ0v) is 11.0. The molecule has 0 radical (unpaired) electrons. The highest BCUT2D eigenvalue weighted by molar-refractivity contribution is 9.10. The van der Waals surface area contributed by atoms with Crippen molar-refractivity contribution in [3.63, 3.8) is 0 Å². The Hall–Kier alpha value is -0.610. The molecule has 88 valence electrons. The van der Waals surface area contributed by atoms with Crippen molar-refractivity contribution in [3.8, 4) is 5.75 Å². The van der Waals surface area contributed by atoms with Gasteiger partial charge in [0.15, 0.2) is 0 Å². The molecule has 1 aromatic heterocycles. The summed E-state index contributed by atoms with van der Waals surface area (Å²) in [5.74, 6) is 0.295. The van der Waals surface area contributed by atoms with Gasteiger partial charge in [-0.05, 0) is 42.1 Å². The van der Waals surface area contributed by atoms with Crippen LogP contribution in [0.4, 0.5) is 0 Å². The van der Waals surface area contributed by atoms with E-state index in [2.05, 4.69) is 20.9 Å². The van der Waals surface area contributed by atoms with Crippen LogP contribution in [-0.4, -0.2) is 22.8 Å². The van der Waals surface area contributed by atoms with Crippen molar-refractivity contribution in [2.45, 2.75) is 38.7 Å². The maximum Gasteiger partial charge on any atom is 0.141 e. The third-order valence-corrected chi connectivity index (χ3v) is 3.68. The summed E-state index contributed by atoms with van der Waals surface area (Å²) in [4.78, 5) is 4.09. The zero-order valence-electron chi connectivity index (χ0n) is 9.37. The number of pyridine rings is 1. The normalized spacial score (nSPS) is 21.0. The Labute approximate surface area is 104 Å².